The number of H-pyrrole nitrogens is 1. The molecule has 0 aliphatic carbocycles. The molecule has 0 unspecified atom stereocenters. The number of likely N-dealkylation sites (N-methyl/N-ethyl adjacent to an activating group) is 1. The molecule has 0 bridgehead atoms. The second kappa shape index (κ2) is 24.2. The zero-order valence-corrected chi connectivity index (χ0v) is 44.5. The smallest absolute Gasteiger partial charge is 0.391 e. The van der Waals surface area contributed by atoms with E-state index in [9.17, 15) is 47.0 Å². The zero-order chi connectivity index (χ0) is 55.2. The molecule has 2 saturated heterocycles. The number of β-amino-alcohol motifs (C(OH)–C–C–N with tert-alkyl or cyclic N) is 1. The first-order chi connectivity index (χ1) is 35.9. The maximum absolute atomic E-state index is 15.9. The second-order valence-corrected chi connectivity index (χ2v) is 21.7. The van der Waals surface area contributed by atoms with Crippen LogP contribution in [0.3, 0.4) is 0 Å². The van der Waals surface area contributed by atoms with Gasteiger partial charge in [0.05, 0.1) is 63.9 Å². The number of hydrogen-bond acceptors (Lipinski definition) is 12. The van der Waals surface area contributed by atoms with Crippen molar-refractivity contribution in [1.82, 2.24) is 25.1 Å². The highest BCUT2D eigenvalue weighted by Gasteiger charge is 2.44. The number of ketones is 2. The van der Waals surface area contributed by atoms with E-state index in [2.05, 4.69) is 25.5 Å². The van der Waals surface area contributed by atoms with Gasteiger partial charge in [0.1, 0.15) is 11.6 Å². The number of pyridine rings is 1. The fourth-order valence-electron chi connectivity index (χ4n) is 9.77. The van der Waals surface area contributed by atoms with Gasteiger partial charge in [0.15, 0.2) is 5.78 Å². The Hall–Kier alpha value is -6.61. The molecule has 0 saturated carbocycles. The van der Waals surface area contributed by atoms with Crippen molar-refractivity contribution in [3.05, 3.63) is 123 Å². The summed E-state index contributed by atoms with van der Waals surface area (Å²) in [5, 5.41) is 15.9. The molecule has 2 aliphatic heterocycles. The Bertz CT molecular complexity index is 2980. The molecule has 76 heavy (non-hydrogen) atoms. The average molecular weight is 1070 g/mol. The first kappa shape index (κ1) is 57.1. The third kappa shape index (κ3) is 13.9. The molecule has 2 fully saturated rings. The summed E-state index contributed by atoms with van der Waals surface area (Å²) in [5.41, 5.74) is 1.76. The lowest BCUT2D eigenvalue weighted by Gasteiger charge is -2.44. The van der Waals surface area contributed by atoms with Crippen molar-refractivity contribution in [2.45, 2.75) is 104 Å². The number of amides is 3. The summed E-state index contributed by atoms with van der Waals surface area (Å²) in [6.45, 7) is 12.6. The van der Waals surface area contributed by atoms with Gasteiger partial charge in [-0.15, -0.1) is 11.3 Å². The first-order valence-corrected chi connectivity index (χ1v) is 26.2. The number of carbonyl (C=O) groups excluding carboxylic acids is 5. The summed E-state index contributed by atoms with van der Waals surface area (Å²) < 4.78 is 63.4. The highest BCUT2D eigenvalue weighted by molar-refractivity contribution is 7.13. The molecule has 0 radical (unpaired) electrons. The van der Waals surface area contributed by atoms with Crippen LogP contribution in [0.2, 0.25) is 0 Å². The molecular weight excluding hydrogens is 1010 g/mol. The number of Topliss-reactive ketones (excluding diaryl/α,β-unsaturated/α-hetero) is 2. The second-order valence-electron chi connectivity index (χ2n) is 20.9. The van der Waals surface area contributed by atoms with E-state index in [0.29, 0.717) is 37.5 Å². The maximum Gasteiger partial charge on any atom is 0.417 e. The van der Waals surface area contributed by atoms with Crippen molar-refractivity contribution in [2.24, 2.45) is 11.3 Å². The van der Waals surface area contributed by atoms with Crippen molar-refractivity contribution >= 4 is 52.0 Å². The van der Waals surface area contributed by atoms with Crippen molar-refractivity contribution in [3.63, 3.8) is 0 Å². The van der Waals surface area contributed by atoms with Crippen LogP contribution in [0.1, 0.15) is 97.8 Å². The van der Waals surface area contributed by atoms with E-state index in [1.165, 1.54) is 23.1 Å². The number of aryl methyl sites for hydroxylation is 2. The van der Waals surface area contributed by atoms with E-state index in [1.807, 2.05) is 77.8 Å². The van der Waals surface area contributed by atoms with Crippen LogP contribution < -0.4 is 21.1 Å². The number of nitrogens with zero attached hydrogens (tertiary/aromatic N) is 4. The van der Waals surface area contributed by atoms with Crippen LogP contribution in [-0.4, -0.2) is 125 Å². The lowest BCUT2D eigenvalue weighted by Crippen LogP contribution is -2.55. The van der Waals surface area contributed by atoms with E-state index in [1.54, 1.807) is 29.0 Å². The van der Waals surface area contributed by atoms with Crippen LogP contribution in [0.15, 0.2) is 83.2 Å². The van der Waals surface area contributed by atoms with Crippen LogP contribution >= 0.6 is 11.3 Å². The summed E-state index contributed by atoms with van der Waals surface area (Å²) in [7, 11) is 1.98. The van der Waals surface area contributed by atoms with Crippen LogP contribution in [-0.2, 0) is 31.7 Å². The predicted molar refractivity (Wildman–Crippen MR) is 283 cm³/mol. The Morgan fingerprint density at radius 1 is 0.908 bits per heavy atom. The third-order valence-corrected chi connectivity index (χ3v) is 15.3. The molecule has 7 rings (SSSR count). The standard InChI is InChI=1S/C56H65F4N7O8S/c1-32-28-66(29-33(2)65(32)7)47-16-14-37(23-46(47)64-53(73)42-27-62-50(71)26-43(42)56(58,59)60)41-15-13-38(22-45(41)57)52(72)61-19-21-75-20-18-39(68)24-44(55(4,5)6)54(74)67-30-40(69)25-48(67)49(70)17-10-35-8-11-36(12-9-35)51-34(3)63-31-76-51/h8-9,11-16,22-23,26-27,31-33,40,44,48,69H,10,17-21,24-25,28-30H2,1-7H3,(H,61,72)(H,62,71)(H,64,73)/t32-,33+,40-,44-,48+/m1/s1. The minimum absolute atomic E-state index is 0.000128. The first-order valence-electron chi connectivity index (χ1n) is 25.3. The van der Waals surface area contributed by atoms with Gasteiger partial charge in [-0.2, -0.15) is 13.2 Å². The number of aliphatic hydroxyl groups is 1. The number of aliphatic hydroxyl groups excluding tert-OH is 1. The third-order valence-electron chi connectivity index (χ3n) is 14.3. The number of benzene rings is 3. The number of alkyl halides is 3. The van der Waals surface area contributed by atoms with Gasteiger partial charge in [0.25, 0.3) is 11.8 Å². The summed E-state index contributed by atoms with van der Waals surface area (Å²) in [6, 6.07) is 16.2. The van der Waals surface area contributed by atoms with E-state index >= 15 is 4.39 Å². The molecule has 4 N–H and O–H groups in total. The molecule has 3 amide bonds. The number of likely N-dealkylation sites (tertiary alicyclic amines) is 1. The largest absolute Gasteiger partial charge is 0.417 e. The summed E-state index contributed by atoms with van der Waals surface area (Å²) in [5.74, 6) is -4.05. The van der Waals surface area contributed by atoms with Gasteiger partial charge in [-0.05, 0) is 80.6 Å². The van der Waals surface area contributed by atoms with E-state index < -0.39 is 64.0 Å². The number of carbonyl (C=O) groups is 5. The number of rotatable bonds is 19. The summed E-state index contributed by atoms with van der Waals surface area (Å²) in [4.78, 5) is 92.7. The van der Waals surface area contributed by atoms with Crippen molar-refractivity contribution in [1.29, 1.82) is 0 Å². The number of thiazole rings is 1. The Kier molecular flexibility index (Phi) is 18.1. The van der Waals surface area contributed by atoms with Crippen LogP contribution in [0, 0.1) is 24.1 Å². The number of halogens is 4. The number of aromatic nitrogens is 2. The highest BCUT2D eigenvalue weighted by atomic mass is 32.1. The van der Waals surface area contributed by atoms with Crippen molar-refractivity contribution in [3.8, 4) is 21.6 Å². The van der Waals surface area contributed by atoms with E-state index in [4.69, 9.17) is 4.74 Å². The minimum atomic E-state index is -5.00. The minimum Gasteiger partial charge on any atom is -0.391 e. The fourth-order valence-corrected chi connectivity index (χ4v) is 10.6. The van der Waals surface area contributed by atoms with E-state index in [0.717, 1.165) is 27.8 Å². The van der Waals surface area contributed by atoms with Gasteiger partial charge in [-0.25, -0.2) is 9.37 Å². The Balaban J connectivity index is 0.914. The molecule has 20 heteroatoms. The molecule has 5 atom stereocenters. The van der Waals surface area contributed by atoms with Gasteiger partial charge < -0.3 is 35.3 Å². The molecule has 2 aromatic heterocycles. The number of aromatic amines is 1. The van der Waals surface area contributed by atoms with Gasteiger partial charge in [0, 0.05) is 93.3 Å². The van der Waals surface area contributed by atoms with Crippen LogP contribution in [0.5, 0.6) is 0 Å². The summed E-state index contributed by atoms with van der Waals surface area (Å²) in [6.07, 6.45) is -4.51. The molecule has 4 heterocycles. The lowest BCUT2D eigenvalue weighted by molar-refractivity contribution is -0.146. The van der Waals surface area contributed by atoms with Crippen LogP contribution in [0.25, 0.3) is 21.6 Å². The topological polar surface area (TPSA) is 194 Å². The van der Waals surface area contributed by atoms with Crippen molar-refractivity contribution < 1.29 is 51.4 Å². The van der Waals surface area contributed by atoms with Gasteiger partial charge in [-0.1, -0.05) is 57.2 Å². The molecular formula is C56H65F4N7O8S. The number of anilines is 2. The predicted octanol–water partition coefficient (Wildman–Crippen LogP) is 8.33. The number of ether oxygens (including phenoxy) is 1. The molecule has 15 nitrogen and oxygen atoms in total. The Labute approximate surface area is 443 Å². The van der Waals surface area contributed by atoms with E-state index in [-0.39, 0.29) is 104 Å². The average Bonchev–Trinajstić information content (AvgIpc) is 3.99. The molecule has 5 aromatic rings. The Morgan fingerprint density at radius 3 is 2.25 bits per heavy atom. The van der Waals surface area contributed by atoms with Crippen molar-refractivity contribution in [2.75, 3.05) is 56.7 Å². The van der Waals surface area contributed by atoms with Gasteiger partial charge in [0.2, 0.25) is 11.5 Å². The normalized spacial score (nSPS) is 18.6. The molecule has 3 aromatic carbocycles. The highest BCUT2D eigenvalue weighted by Crippen LogP contribution is 2.38. The molecule has 2 aliphatic rings. The maximum atomic E-state index is 15.9. The fraction of sp³-hybridized carbons (Fsp3) is 0.446. The van der Waals surface area contributed by atoms with Gasteiger partial charge in [-0.3, -0.25) is 33.7 Å². The monoisotopic (exact) mass is 1070 g/mol. The molecule has 0 spiro atoms. The summed E-state index contributed by atoms with van der Waals surface area (Å²) >= 11 is 1.56. The number of hydrogen-bond donors (Lipinski definition) is 4. The zero-order valence-electron chi connectivity index (χ0n) is 43.7. The lowest BCUT2D eigenvalue weighted by atomic mass is 9.76. The number of nitrogens with one attached hydrogen (secondary N) is 3. The quantitative estimate of drug-likeness (QED) is 0.0459. The molecule has 406 valence electrons. The number of piperazine rings is 1. The van der Waals surface area contributed by atoms with Gasteiger partial charge >= 0.3 is 6.18 Å². The Morgan fingerprint density at radius 2 is 1.61 bits per heavy atom. The van der Waals surface area contributed by atoms with Crippen LogP contribution in [0.4, 0.5) is 28.9 Å². The SMILES string of the molecule is Cc1ncsc1-c1ccc(CCC(=O)[C@@H]2C[C@@H](O)CN2C(=O)[C@@H](CC(=O)CCOCCNC(=O)c2ccc(-c3ccc(N4C[C@@H](C)N(C)[C@@H](C)C4)c(NC(=O)c4c[nH]c(=O)cc4C(F)(F)F)c3)c(F)c2)C(C)(C)C)cc1.